The molecular formula is C23H28N4OS. The second-order valence-electron chi connectivity index (χ2n) is 7.29. The minimum absolute atomic E-state index is 0.119. The molecular weight excluding hydrogens is 380 g/mol. The average molecular weight is 409 g/mol. The number of carbonyl (C=O) groups is 1. The molecule has 0 spiro atoms. The van der Waals surface area contributed by atoms with Crippen molar-refractivity contribution in [3.05, 3.63) is 71.0 Å². The molecule has 0 N–H and O–H groups in total. The average Bonchev–Trinajstić information content (AvgIpc) is 3.08. The molecule has 1 amide bonds. The molecule has 2 aromatic carbocycles. The molecule has 3 rings (SSSR count). The first-order chi connectivity index (χ1) is 14.0. The molecule has 0 fully saturated rings. The van der Waals surface area contributed by atoms with Crippen molar-refractivity contribution in [2.75, 3.05) is 12.3 Å². The number of thioether (sulfide) groups is 1. The van der Waals surface area contributed by atoms with E-state index >= 15 is 0 Å². The zero-order chi connectivity index (χ0) is 20.8. The number of carbonyl (C=O) groups excluding carboxylic acids is 1. The number of aryl methyl sites for hydroxylation is 3. The van der Waals surface area contributed by atoms with Crippen molar-refractivity contribution >= 4 is 17.7 Å². The summed E-state index contributed by atoms with van der Waals surface area (Å²) in [5.41, 5.74) is 4.60. The Morgan fingerprint density at radius 2 is 1.59 bits per heavy atom. The van der Waals surface area contributed by atoms with Gasteiger partial charge in [0.1, 0.15) is 5.82 Å². The van der Waals surface area contributed by atoms with E-state index in [4.69, 9.17) is 0 Å². The van der Waals surface area contributed by atoms with Gasteiger partial charge in [-0.3, -0.25) is 9.36 Å². The van der Waals surface area contributed by atoms with Gasteiger partial charge >= 0.3 is 0 Å². The summed E-state index contributed by atoms with van der Waals surface area (Å²) in [7, 11) is 0. The molecule has 0 aliphatic carbocycles. The first-order valence-corrected chi connectivity index (χ1v) is 10.9. The van der Waals surface area contributed by atoms with Crippen LogP contribution in [0.5, 0.6) is 0 Å². The number of rotatable bonds is 8. The van der Waals surface area contributed by atoms with Crippen LogP contribution < -0.4 is 0 Å². The van der Waals surface area contributed by atoms with Crippen molar-refractivity contribution in [3.8, 4) is 5.69 Å². The van der Waals surface area contributed by atoms with E-state index in [1.807, 2.05) is 16.4 Å². The zero-order valence-electron chi connectivity index (χ0n) is 17.6. The smallest absolute Gasteiger partial charge is 0.233 e. The van der Waals surface area contributed by atoms with Crippen molar-refractivity contribution in [2.24, 2.45) is 0 Å². The Hall–Kier alpha value is -2.60. The highest BCUT2D eigenvalue weighted by molar-refractivity contribution is 7.99. The van der Waals surface area contributed by atoms with E-state index < -0.39 is 0 Å². The number of amides is 1. The Labute approximate surface area is 177 Å². The van der Waals surface area contributed by atoms with Gasteiger partial charge < -0.3 is 4.90 Å². The number of benzene rings is 2. The highest BCUT2D eigenvalue weighted by atomic mass is 32.2. The normalized spacial score (nSPS) is 10.9. The maximum Gasteiger partial charge on any atom is 0.233 e. The van der Waals surface area contributed by atoms with Crippen LogP contribution in [0.4, 0.5) is 0 Å². The van der Waals surface area contributed by atoms with Crippen LogP contribution in [0.3, 0.4) is 0 Å². The summed E-state index contributed by atoms with van der Waals surface area (Å²) in [5.74, 6) is 1.28. The van der Waals surface area contributed by atoms with E-state index in [2.05, 4.69) is 79.5 Å². The number of nitrogens with zero attached hydrogens (tertiary/aromatic N) is 4. The Morgan fingerprint density at radius 1 is 0.966 bits per heavy atom. The predicted octanol–water partition coefficient (Wildman–Crippen LogP) is 4.72. The quantitative estimate of drug-likeness (QED) is 0.506. The maximum absolute atomic E-state index is 12.9. The summed E-state index contributed by atoms with van der Waals surface area (Å²) in [6, 6.07) is 16.6. The highest BCUT2D eigenvalue weighted by Gasteiger charge is 2.17. The molecule has 3 aromatic rings. The summed E-state index contributed by atoms with van der Waals surface area (Å²) in [6.45, 7) is 9.54. The third-order valence-electron chi connectivity index (χ3n) is 4.75. The van der Waals surface area contributed by atoms with Gasteiger partial charge in [-0.2, -0.15) is 0 Å². The van der Waals surface area contributed by atoms with Crippen LogP contribution in [0.15, 0.2) is 53.7 Å². The monoisotopic (exact) mass is 408 g/mol. The lowest BCUT2D eigenvalue weighted by Gasteiger charge is -2.22. The van der Waals surface area contributed by atoms with Gasteiger partial charge in [0.15, 0.2) is 5.16 Å². The number of hydrogen-bond donors (Lipinski definition) is 0. The molecule has 152 valence electrons. The largest absolute Gasteiger partial charge is 0.338 e. The van der Waals surface area contributed by atoms with Crippen LogP contribution >= 0.6 is 11.8 Å². The summed E-state index contributed by atoms with van der Waals surface area (Å²) in [5, 5.41) is 9.25. The molecule has 1 aromatic heterocycles. The summed E-state index contributed by atoms with van der Waals surface area (Å²) < 4.78 is 2.00. The van der Waals surface area contributed by atoms with E-state index in [1.165, 1.54) is 22.9 Å². The van der Waals surface area contributed by atoms with Crippen molar-refractivity contribution in [3.63, 3.8) is 0 Å². The van der Waals surface area contributed by atoms with E-state index in [9.17, 15) is 4.79 Å². The van der Waals surface area contributed by atoms with Crippen LogP contribution in [0.25, 0.3) is 5.69 Å². The predicted molar refractivity (Wildman–Crippen MR) is 118 cm³/mol. The van der Waals surface area contributed by atoms with Gasteiger partial charge in [0.05, 0.1) is 5.75 Å². The third-order valence-corrected chi connectivity index (χ3v) is 5.67. The fourth-order valence-corrected chi connectivity index (χ4v) is 4.02. The summed E-state index contributed by atoms with van der Waals surface area (Å²) in [6.07, 6.45) is 0.931. The lowest BCUT2D eigenvalue weighted by atomic mass is 10.1. The molecule has 0 saturated carbocycles. The summed E-state index contributed by atoms with van der Waals surface area (Å²) in [4.78, 5) is 14.9. The van der Waals surface area contributed by atoms with Crippen LogP contribution in [0, 0.1) is 20.8 Å². The molecule has 0 radical (unpaired) electrons. The first-order valence-electron chi connectivity index (χ1n) is 9.93. The molecule has 29 heavy (non-hydrogen) atoms. The molecule has 0 bridgehead atoms. The van der Waals surface area contributed by atoms with E-state index in [-0.39, 0.29) is 5.91 Å². The second kappa shape index (κ2) is 9.74. The van der Waals surface area contributed by atoms with E-state index in [0.717, 1.165) is 35.2 Å². The van der Waals surface area contributed by atoms with E-state index in [1.54, 1.807) is 0 Å². The van der Waals surface area contributed by atoms with Crippen LogP contribution in [0.1, 0.15) is 35.9 Å². The number of aromatic nitrogens is 3. The topological polar surface area (TPSA) is 51.0 Å². The fourth-order valence-electron chi connectivity index (χ4n) is 3.12. The van der Waals surface area contributed by atoms with Gasteiger partial charge in [-0.05, 0) is 44.9 Å². The molecule has 0 unspecified atom stereocenters. The summed E-state index contributed by atoms with van der Waals surface area (Å²) >= 11 is 1.44. The van der Waals surface area contributed by atoms with Gasteiger partial charge in [0, 0.05) is 18.8 Å². The standard InChI is InChI=1S/C23H28N4OS/c1-5-14-26(15-20-10-6-17(2)7-11-20)22(28)16-29-23-25-24-19(4)27(23)21-12-8-18(3)9-13-21/h6-13H,5,14-16H2,1-4H3. The van der Waals surface area contributed by atoms with Crippen LogP contribution in [-0.4, -0.2) is 37.9 Å². The maximum atomic E-state index is 12.9. The molecule has 0 saturated heterocycles. The van der Waals surface area contributed by atoms with Gasteiger partial charge in [0.25, 0.3) is 0 Å². The lowest BCUT2D eigenvalue weighted by Crippen LogP contribution is -2.32. The van der Waals surface area contributed by atoms with E-state index in [0.29, 0.717) is 12.3 Å². The Kier molecular flexibility index (Phi) is 7.09. The Balaban J connectivity index is 1.70. The molecule has 0 atom stereocenters. The van der Waals surface area contributed by atoms with Crippen molar-refractivity contribution < 1.29 is 4.79 Å². The minimum Gasteiger partial charge on any atom is -0.338 e. The van der Waals surface area contributed by atoms with Gasteiger partial charge in [-0.25, -0.2) is 0 Å². The third kappa shape index (κ3) is 5.48. The first kappa shape index (κ1) is 21.1. The molecule has 0 aliphatic heterocycles. The van der Waals surface area contributed by atoms with Crippen LogP contribution in [0.2, 0.25) is 0 Å². The highest BCUT2D eigenvalue weighted by Crippen LogP contribution is 2.23. The lowest BCUT2D eigenvalue weighted by molar-refractivity contribution is -0.129. The van der Waals surface area contributed by atoms with Crippen molar-refractivity contribution in [1.29, 1.82) is 0 Å². The van der Waals surface area contributed by atoms with Gasteiger partial charge in [-0.15, -0.1) is 10.2 Å². The molecule has 6 heteroatoms. The van der Waals surface area contributed by atoms with Crippen molar-refractivity contribution in [2.45, 2.75) is 45.8 Å². The molecule has 0 aliphatic rings. The molecule has 1 heterocycles. The Bertz CT molecular complexity index is 948. The fraction of sp³-hybridized carbons (Fsp3) is 0.348. The SMILES string of the molecule is CCCN(Cc1ccc(C)cc1)C(=O)CSc1nnc(C)n1-c1ccc(C)cc1. The zero-order valence-corrected chi connectivity index (χ0v) is 18.4. The second-order valence-corrected chi connectivity index (χ2v) is 8.23. The minimum atomic E-state index is 0.119. The molecule has 5 nitrogen and oxygen atoms in total. The van der Waals surface area contributed by atoms with Crippen LogP contribution in [-0.2, 0) is 11.3 Å². The number of hydrogen-bond acceptors (Lipinski definition) is 4. The van der Waals surface area contributed by atoms with Crippen molar-refractivity contribution in [1.82, 2.24) is 19.7 Å². The Morgan fingerprint density at radius 3 is 2.21 bits per heavy atom. The van der Waals surface area contributed by atoms with Gasteiger partial charge in [0.2, 0.25) is 5.91 Å². The van der Waals surface area contributed by atoms with Gasteiger partial charge in [-0.1, -0.05) is 66.2 Å².